The largest absolute Gasteiger partial charge is 0.317 e. The standard InChI is InChI=1S/C18H29N3/c1-19-18(11-15-13-20(2)9-10-21(15)3)17-12-16(17)14-7-5-4-6-8-14/h4-8,15-19H,9-13H2,1-3H3. The van der Waals surface area contributed by atoms with Crippen molar-refractivity contribution in [1.82, 2.24) is 15.1 Å². The first-order valence-electron chi connectivity index (χ1n) is 8.30. The Labute approximate surface area is 129 Å². The summed E-state index contributed by atoms with van der Waals surface area (Å²) in [5, 5.41) is 3.60. The van der Waals surface area contributed by atoms with E-state index in [9.17, 15) is 0 Å². The quantitative estimate of drug-likeness (QED) is 0.894. The molecule has 1 heterocycles. The van der Waals surface area contributed by atoms with Crippen LogP contribution in [0.4, 0.5) is 0 Å². The maximum atomic E-state index is 3.60. The van der Waals surface area contributed by atoms with Crippen LogP contribution in [0.3, 0.4) is 0 Å². The average Bonchev–Trinajstić information content (AvgIpc) is 3.29. The number of hydrogen-bond acceptors (Lipinski definition) is 3. The lowest BCUT2D eigenvalue weighted by Gasteiger charge is -2.39. The van der Waals surface area contributed by atoms with E-state index in [1.807, 2.05) is 0 Å². The summed E-state index contributed by atoms with van der Waals surface area (Å²) in [6.07, 6.45) is 2.62. The van der Waals surface area contributed by atoms with Gasteiger partial charge in [-0.05, 0) is 51.4 Å². The second kappa shape index (κ2) is 6.47. The van der Waals surface area contributed by atoms with E-state index in [-0.39, 0.29) is 0 Å². The highest BCUT2D eigenvalue weighted by Gasteiger charge is 2.44. The zero-order valence-corrected chi connectivity index (χ0v) is 13.6. The number of nitrogens with one attached hydrogen (secondary N) is 1. The van der Waals surface area contributed by atoms with E-state index in [1.54, 1.807) is 0 Å². The van der Waals surface area contributed by atoms with Crippen LogP contribution >= 0.6 is 0 Å². The summed E-state index contributed by atoms with van der Waals surface area (Å²) in [5.74, 6) is 1.59. The van der Waals surface area contributed by atoms with Gasteiger partial charge in [-0.2, -0.15) is 0 Å². The van der Waals surface area contributed by atoms with Crippen LogP contribution in [-0.2, 0) is 0 Å². The fourth-order valence-corrected chi connectivity index (χ4v) is 3.90. The highest BCUT2D eigenvalue weighted by molar-refractivity contribution is 5.26. The summed E-state index contributed by atoms with van der Waals surface area (Å²) < 4.78 is 0. The molecule has 0 radical (unpaired) electrons. The van der Waals surface area contributed by atoms with Crippen LogP contribution in [0.25, 0.3) is 0 Å². The highest BCUT2D eigenvalue weighted by atomic mass is 15.3. The summed E-state index contributed by atoms with van der Waals surface area (Å²) in [6.45, 7) is 3.61. The minimum Gasteiger partial charge on any atom is -0.317 e. The van der Waals surface area contributed by atoms with Gasteiger partial charge >= 0.3 is 0 Å². The first kappa shape index (κ1) is 15.0. The fourth-order valence-electron chi connectivity index (χ4n) is 3.90. The van der Waals surface area contributed by atoms with Gasteiger partial charge in [0.05, 0.1) is 0 Å². The molecular weight excluding hydrogens is 258 g/mol. The second-order valence-electron chi connectivity index (χ2n) is 6.94. The minimum absolute atomic E-state index is 0.647. The van der Waals surface area contributed by atoms with E-state index in [1.165, 1.54) is 38.0 Å². The van der Waals surface area contributed by atoms with Crippen molar-refractivity contribution in [1.29, 1.82) is 0 Å². The predicted octanol–water partition coefficient (Wildman–Crippen LogP) is 2.01. The van der Waals surface area contributed by atoms with Gasteiger partial charge in [-0.1, -0.05) is 30.3 Å². The van der Waals surface area contributed by atoms with Crippen LogP contribution in [-0.4, -0.2) is 62.7 Å². The fraction of sp³-hybridized carbons (Fsp3) is 0.667. The lowest BCUT2D eigenvalue weighted by molar-refractivity contribution is 0.0994. The van der Waals surface area contributed by atoms with Crippen LogP contribution in [0.15, 0.2) is 30.3 Å². The van der Waals surface area contributed by atoms with Crippen LogP contribution in [0.5, 0.6) is 0 Å². The molecule has 2 fully saturated rings. The Morgan fingerprint density at radius 1 is 1.19 bits per heavy atom. The molecule has 4 unspecified atom stereocenters. The van der Waals surface area contributed by atoms with Gasteiger partial charge in [0.15, 0.2) is 0 Å². The Bertz CT molecular complexity index is 447. The van der Waals surface area contributed by atoms with Gasteiger partial charge in [-0.15, -0.1) is 0 Å². The predicted molar refractivity (Wildman–Crippen MR) is 88.7 cm³/mol. The topological polar surface area (TPSA) is 18.5 Å². The SMILES string of the molecule is CNC(CC1CN(C)CCN1C)C1CC1c1ccccc1. The Hall–Kier alpha value is -0.900. The number of hydrogen-bond donors (Lipinski definition) is 1. The molecule has 1 saturated heterocycles. The van der Waals surface area contributed by atoms with Gasteiger partial charge in [0.1, 0.15) is 0 Å². The molecule has 1 aromatic carbocycles. The molecule has 3 nitrogen and oxygen atoms in total. The maximum absolute atomic E-state index is 3.60. The summed E-state index contributed by atoms with van der Waals surface area (Å²) in [5.41, 5.74) is 1.52. The Kier molecular flexibility index (Phi) is 4.63. The van der Waals surface area contributed by atoms with Gasteiger partial charge in [0.2, 0.25) is 0 Å². The molecule has 4 atom stereocenters. The molecule has 21 heavy (non-hydrogen) atoms. The average molecular weight is 287 g/mol. The second-order valence-corrected chi connectivity index (χ2v) is 6.94. The van der Waals surface area contributed by atoms with Crippen molar-refractivity contribution in [2.75, 3.05) is 40.8 Å². The molecule has 1 saturated carbocycles. The van der Waals surface area contributed by atoms with Crippen molar-refractivity contribution in [3.05, 3.63) is 35.9 Å². The number of nitrogens with zero attached hydrogens (tertiary/aromatic N) is 2. The first-order chi connectivity index (χ1) is 10.2. The van der Waals surface area contributed by atoms with E-state index in [4.69, 9.17) is 0 Å². The van der Waals surface area contributed by atoms with Gasteiger partial charge in [0, 0.05) is 31.7 Å². The van der Waals surface area contributed by atoms with Crippen molar-refractivity contribution >= 4 is 0 Å². The molecule has 0 spiro atoms. The van der Waals surface area contributed by atoms with Crippen molar-refractivity contribution in [2.24, 2.45) is 5.92 Å². The molecular formula is C18H29N3. The van der Waals surface area contributed by atoms with E-state index in [0.717, 1.165) is 11.8 Å². The third kappa shape index (κ3) is 3.47. The molecule has 1 aliphatic carbocycles. The lowest BCUT2D eigenvalue weighted by Crippen LogP contribution is -2.52. The number of piperazine rings is 1. The van der Waals surface area contributed by atoms with Gasteiger partial charge in [-0.25, -0.2) is 0 Å². The van der Waals surface area contributed by atoms with Gasteiger partial charge in [0.25, 0.3) is 0 Å². The van der Waals surface area contributed by atoms with Crippen molar-refractivity contribution in [3.63, 3.8) is 0 Å². The zero-order chi connectivity index (χ0) is 14.8. The Morgan fingerprint density at radius 2 is 1.95 bits per heavy atom. The molecule has 1 N–H and O–H groups in total. The van der Waals surface area contributed by atoms with E-state index in [2.05, 4.69) is 66.6 Å². The summed E-state index contributed by atoms with van der Waals surface area (Å²) in [4.78, 5) is 5.02. The Balaban J connectivity index is 1.59. The van der Waals surface area contributed by atoms with E-state index >= 15 is 0 Å². The zero-order valence-electron chi connectivity index (χ0n) is 13.6. The molecule has 0 amide bonds. The minimum atomic E-state index is 0.647. The van der Waals surface area contributed by atoms with Gasteiger partial charge in [-0.3, -0.25) is 0 Å². The third-order valence-corrected chi connectivity index (χ3v) is 5.46. The van der Waals surface area contributed by atoms with Crippen LogP contribution in [0, 0.1) is 5.92 Å². The molecule has 0 bridgehead atoms. The van der Waals surface area contributed by atoms with Crippen molar-refractivity contribution < 1.29 is 0 Å². The smallest absolute Gasteiger partial charge is 0.0235 e. The van der Waals surface area contributed by atoms with Crippen LogP contribution in [0.2, 0.25) is 0 Å². The molecule has 1 aromatic rings. The first-order valence-corrected chi connectivity index (χ1v) is 8.30. The van der Waals surface area contributed by atoms with E-state index < -0.39 is 0 Å². The molecule has 1 aliphatic heterocycles. The number of rotatable bonds is 5. The summed E-state index contributed by atoms with van der Waals surface area (Å²) in [6, 6.07) is 12.4. The lowest BCUT2D eigenvalue weighted by atomic mass is 9.97. The number of benzene rings is 1. The summed E-state index contributed by atoms with van der Waals surface area (Å²) in [7, 11) is 6.67. The normalized spacial score (nSPS) is 32.0. The van der Waals surface area contributed by atoms with Crippen molar-refractivity contribution in [2.45, 2.75) is 30.8 Å². The molecule has 3 heteroatoms. The third-order valence-electron chi connectivity index (χ3n) is 5.46. The summed E-state index contributed by atoms with van der Waals surface area (Å²) >= 11 is 0. The van der Waals surface area contributed by atoms with Crippen LogP contribution < -0.4 is 5.32 Å². The monoisotopic (exact) mass is 287 g/mol. The molecule has 2 aliphatic rings. The van der Waals surface area contributed by atoms with E-state index in [0.29, 0.717) is 12.1 Å². The molecule has 3 rings (SSSR count). The Morgan fingerprint density at radius 3 is 2.67 bits per heavy atom. The molecule has 0 aromatic heterocycles. The van der Waals surface area contributed by atoms with Crippen molar-refractivity contribution in [3.8, 4) is 0 Å². The number of likely N-dealkylation sites (N-methyl/N-ethyl adjacent to an activating group) is 2. The highest BCUT2D eigenvalue weighted by Crippen LogP contribution is 2.50. The maximum Gasteiger partial charge on any atom is 0.0235 e. The van der Waals surface area contributed by atoms with Gasteiger partial charge < -0.3 is 15.1 Å². The molecule has 116 valence electrons. The van der Waals surface area contributed by atoms with Crippen LogP contribution in [0.1, 0.15) is 24.3 Å².